The molecular weight excluding hydrogens is 425 g/mol. The highest BCUT2D eigenvalue weighted by atomic mass is 35.5. The smallest absolute Gasteiger partial charge is 0.238 e. The van der Waals surface area contributed by atoms with Crippen LogP contribution in [0.1, 0.15) is 0 Å². The van der Waals surface area contributed by atoms with Crippen molar-refractivity contribution >= 4 is 33.2 Å². The monoisotopic (exact) mass is 439 g/mol. The minimum atomic E-state index is -3.99. The average Bonchev–Trinajstić information content (AvgIpc) is 2.66. The summed E-state index contributed by atoms with van der Waals surface area (Å²) in [5.74, 6) is 0.859. The quantitative estimate of drug-likeness (QED) is 0.606. The standard InChI is InChI=1S/C18H15Cl2N3O4S/c1-26-15-6-17(19)22-8-13(15)10-3-11(5-12(4-10)28(21,24)25)14-9-23-18(20)7-16(14)27-2/h3-9H,1-2H3,(H2,21,24,25). The van der Waals surface area contributed by atoms with Crippen LogP contribution >= 0.6 is 23.2 Å². The number of hydrogen-bond donors (Lipinski definition) is 1. The molecule has 10 heteroatoms. The first kappa shape index (κ1) is 20.3. The number of primary sulfonamides is 1. The molecule has 0 saturated heterocycles. The molecule has 0 spiro atoms. The van der Waals surface area contributed by atoms with Crippen molar-refractivity contribution in [3.8, 4) is 33.8 Å². The molecule has 2 heterocycles. The highest BCUT2D eigenvalue weighted by Gasteiger charge is 2.17. The molecule has 3 rings (SSSR count). The fourth-order valence-corrected chi connectivity index (χ4v) is 3.55. The summed E-state index contributed by atoms with van der Waals surface area (Å²) in [4.78, 5) is 8.02. The molecule has 0 atom stereocenters. The zero-order chi connectivity index (χ0) is 20.5. The van der Waals surface area contributed by atoms with Crippen molar-refractivity contribution in [1.29, 1.82) is 0 Å². The minimum absolute atomic E-state index is 0.0889. The van der Waals surface area contributed by atoms with Crippen LogP contribution in [0, 0.1) is 0 Å². The van der Waals surface area contributed by atoms with E-state index in [9.17, 15) is 8.42 Å². The van der Waals surface area contributed by atoms with E-state index < -0.39 is 10.0 Å². The SMILES string of the molecule is COc1cc(Cl)ncc1-c1cc(-c2cnc(Cl)cc2OC)cc(S(N)(=O)=O)c1. The summed E-state index contributed by atoms with van der Waals surface area (Å²) in [5, 5.41) is 5.86. The lowest BCUT2D eigenvalue weighted by molar-refractivity contribution is 0.416. The van der Waals surface area contributed by atoms with Crippen molar-refractivity contribution in [2.24, 2.45) is 5.14 Å². The Bertz CT molecular complexity index is 1080. The summed E-state index contributed by atoms with van der Waals surface area (Å²) in [6.45, 7) is 0. The second-order valence-corrected chi connectivity index (χ2v) is 8.04. The number of aromatic nitrogens is 2. The molecule has 0 aliphatic heterocycles. The number of pyridine rings is 2. The van der Waals surface area contributed by atoms with Gasteiger partial charge in [-0.2, -0.15) is 0 Å². The first-order chi connectivity index (χ1) is 13.2. The van der Waals surface area contributed by atoms with Crippen LogP contribution in [0.4, 0.5) is 0 Å². The van der Waals surface area contributed by atoms with Crippen LogP contribution in [0.25, 0.3) is 22.3 Å². The number of rotatable bonds is 5. The Balaban J connectivity index is 2.31. The maximum Gasteiger partial charge on any atom is 0.238 e. The number of benzene rings is 1. The van der Waals surface area contributed by atoms with Gasteiger partial charge in [-0.05, 0) is 29.3 Å². The normalized spacial score (nSPS) is 11.3. The molecule has 0 saturated carbocycles. The fraction of sp³-hybridized carbons (Fsp3) is 0.111. The van der Waals surface area contributed by atoms with E-state index in [1.165, 1.54) is 50.9 Å². The van der Waals surface area contributed by atoms with Crippen molar-refractivity contribution in [3.63, 3.8) is 0 Å². The van der Waals surface area contributed by atoms with Crippen molar-refractivity contribution in [2.45, 2.75) is 4.90 Å². The van der Waals surface area contributed by atoms with Crippen LogP contribution < -0.4 is 14.6 Å². The first-order valence-corrected chi connectivity index (χ1v) is 10.1. The van der Waals surface area contributed by atoms with Gasteiger partial charge in [0.05, 0.1) is 19.1 Å². The lowest BCUT2D eigenvalue weighted by atomic mass is 10.00. The number of hydrogen-bond acceptors (Lipinski definition) is 6. The molecule has 3 aromatic rings. The molecule has 2 aromatic heterocycles. The van der Waals surface area contributed by atoms with Crippen molar-refractivity contribution in [3.05, 3.63) is 53.0 Å². The van der Waals surface area contributed by atoms with Crippen LogP contribution in [0.3, 0.4) is 0 Å². The summed E-state index contributed by atoms with van der Waals surface area (Å²) >= 11 is 11.8. The summed E-state index contributed by atoms with van der Waals surface area (Å²) in [7, 11) is -1.04. The summed E-state index contributed by atoms with van der Waals surface area (Å²) in [5.41, 5.74) is 2.11. The average molecular weight is 440 g/mol. The van der Waals surface area contributed by atoms with E-state index in [0.717, 1.165) is 0 Å². The predicted molar refractivity (Wildman–Crippen MR) is 107 cm³/mol. The van der Waals surface area contributed by atoms with E-state index in [1.807, 2.05) is 0 Å². The van der Waals surface area contributed by atoms with E-state index in [2.05, 4.69) is 9.97 Å². The predicted octanol–water partition coefficient (Wildman–Crippen LogP) is 3.78. The Hall–Kier alpha value is -2.39. The van der Waals surface area contributed by atoms with E-state index >= 15 is 0 Å². The van der Waals surface area contributed by atoms with Gasteiger partial charge in [-0.3, -0.25) is 0 Å². The van der Waals surface area contributed by atoms with Crippen LogP contribution in [-0.4, -0.2) is 32.6 Å². The first-order valence-electron chi connectivity index (χ1n) is 7.80. The largest absolute Gasteiger partial charge is 0.496 e. The van der Waals surface area contributed by atoms with E-state index in [0.29, 0.717) is 33.8 Å². The van der Waals surface area contributed by atoms with Crippen molar-refractivity contribution in [2.75, 3.05) is 14.2 Å². The van der Waals surface area contributed by atoms with E-state index in [1.54, 1.807) is 6.07 Å². The van der Waals surface area contributed by atoms with Gasteiger partial charge in [0.2, 0.25) is 10.0 Å². The molecule has 1 aromatic carbocycles. The highest BCUT2D eigenvalue weighted by molar-refractivity contribution is 7.89. The van der Waals surface area contributed by atoms with E-state index in [-0.39, 0.29) is 15.2 Å². The highest BCUT2D eigenvalue weighted by Crippen LogP contribution is 2.38. The molecule has 0 amide bonds. The van der Waals surface area contributed by atoms with Gasteiger partial charge < -0.3 is 9.47 Å². The van der Waals surface area contributed by atoms with E-state index in [4.69, 9.17) is 37.8 Å². The zero-order valence-electron chi connectivity index (χ0n) is 14.8. The number of sulfonamides is 1. The molecule has 146 valence electrons. The van der Waals surface area contributed by atoms with Crippen LogP contribution in [0.2, 0.25) is 10.3 Å². The molecule has 7 nitrogen and oxygen atoms in total. The molecule has 0 aliphatic rings. The van der Waals surface area contributed by atoms with Gasteiger partial charge >= 0.3 is 0 Å². The Morgan fingerprint density at radius 3 is 1.61 bits per heavy atom. The maximum atomic E-state index is 12.1. The number of nitrogens with two attached hydrogens (primary N) is 1. The number of ether oxygens (including phenoxy) is 2. The van der Waals surface area contributed by atoms with Gasteiger partial charge in [-0.1, -0.05) is 23.2 Å². The van der Waals surface area contributed by atoms with Crippen LogP contribution in [0.5, 0.6) is 11.5 Å². The van der Waals surface area contributed by atoms with Gasteiger partial charge in [-0.25, -0.2) is 23.5 Å². The Morgan fingerprint density at radius 2 is 1.25 bits per heavy atom. The Labute approximate surface area is 172 Å². The molecule has 0 bridgehead atoms. The van der Waals surface area contributed by atoms with Gasteiger partial charge in [0.15, 0.2) is 0 Å². The van der Waals surface area contributed by atoms with Crippen molar-refractivity contribution in [1.82, 2.24) is 9.97 Å². The molecule has 0 radical (unpaired) electrons. The van der Waals surface area contributed by atoms with Gasteiger partial charge in [0.1, 0.15) is 21.8 Å². The molecule has 28 heavy (non-hydrogen) atoms. The molecule has 0 unspecified atom stereocenters. The Kier molecular flexibility index (Phi) is 5.76. The molecular formula is C18H15Cl2N3O4S. The van der Waals surface area contributed by atoms with Crippen LogP contribution in [-0.2, 0) is 10.0 Å². The third-order valence-corrected chi connectivity index (χ3v) is 5.27. The maximum absolute atomic E-state index is 12.1. The summed E-state index contributed by atoms with van der Waals surface area (Å²) < 4.78 is 34.8. The Morgan fingerprint density at radius 1 is 0.821 bits per heavy atom. The van der Waals surface area contributed by atoms with Crippen molar-refractivity contribution < 1.29 is 17.9 Å². The third kappa shape index (κ3) is 4.20. The third-order valence-electron chi connectivity index (χ3n) is 3.96. The summed E-state index contributed by atoms with van der Waals surface area (Å²) in [6, 6.07) is 7.68. The summed E-state index contributed by atoms with van der Waals surface area (Å²) in [6.07, 6.45) is 2.98. The zero-order valence-corrected chi connectivity index (χ0v) is 17.1. The lowest BCUT2D eigenvalue weighted by Gasteiger charge is -2.14. The van der Waals surface area contributed by atoms with Crippen LogP contribution in [0.15, 0.2) is 47.6 Å². The second kappa shape index (κ2) is 7.92. The lowest BCUT2D eigenvalue weighted by Crippen LogP contribution is -2.12. The fourth-order valence-electron chi connectivity index (χ4n) is 2.67. The van der Waals surface area contributed by atoms with Gasteiger partial charge in [0, 0.05) is 35.7 Å². The molecule has 0 aliphatic carbocycles. The number of halogens is 2. The molecule has 0 fully saturated rings. The second-order valence-electron chi connectivity index (χ2n) is 5.71. The molecule has 2 N–H and O–H groups in total. The van der Waals surface area contributed by atoms with Gasteiger partial charge in [-0.15, -0.1) is 0 Å². The number of nitrogens with zero attached hydrogens (tertiary/aromatic N) is 2. The topological polar surface area (TPSA) is 104 Å². The number of methoxy groups -OCH3 is 2. The van der Waals surface area contributed by atoms with Gasteiger partial charge in [0.25, 0.3) is 0 Å². The minimum Gasteiger partial charge on any atom is -0.496 e.